The molecule has 5 nitrogen and oxygen atoms in total. The molecule has 0 atom stereocenters. The molecule has 2 N–H and O–H groups in total. The van der Waals surface area contributed by atoms with Gasteiger partial charge in [0.1, 0.15) is 18.0 Å². The van der Waals surface area contributed by atoms with Crippen LogP contribution in [0.4, 0.5) is 0 Å². The zero-order valence-corrected chi connectivity index (χ0v) is 10.2. The third kappa shape index (κ3) is 2.26. The van der Waals surface area contributed by atoms with Gasteiger partial charge in [-0.05, 0) is 18.1 Å². The van der Waals surface area contributed by atoms with E-state index in [0.29, 0.717) is 11.4 Å². The average molecular weight is 246 g/mol. The number of aromatic hydroxyl groups is 1. The number of hydrogen-bond acceptors (Lipinski definition) is 4. The molecule has 0 aliphatic rings. The topological polar surface area (TPSA) is 75.2 Å². The number of H-pyrrole nitrogens is 1. The van der Waals surface area contributed by atoms with E-state index in [0.717, 1.165) is 5.56 Å². The summed E-state index contributed by atoms with van der Waals surface area (Å²) < 4.78 is 4.86. The number of rotatable bonds is 3. The zero-order valence-electron chi connectivity index (χ0n) is 10.2. The van der Waals surface area contributed by atoms with E-state index in [2.05, 4.69) is 9.97 Å². The predicted octanol–water partition coefficient (Wildman–Crippen LogP) is 1.60. The molecule has 0 bridgehead atoms. The molecule has 18 heavy (non-hydrogen) atoms. The highest BCUT2D eigenvalue weighted by Crippen LogP contribution is 2.26. The van der Waals surface area contributed by atoms with Gasteiger partial charge in [0.25, 0.3) is 5.56 Å². The molecule has 0 amide bonds. The maximum atomic E-state index is 12.0. The van der Waals surface area contributed by atoms with Gasteiger partial charge in [-0.3, -0.25) is 4.79 Å². The minimum absolute atomic E-state index is 0.150. The quantitative estimate of drug-likeness (QED) is 0.862. The molecule has 0 saturated carbocycles. The third-order valence-electron chi connectivity index (χ3n) is 2.64. The van der Waals surface area contributed by atoms with Crippen molar-refractivity contribution in [1.29, 1.82) is 0 Å². The van der Waals surface area contributed by atoms with E-state index in [1.807, 2.05) is 25.1 Å². The number of methoxy groups -OCH3 is 1. The van der Waals surface area contributed by atoms with Gasteiger partial charge in [0.05, 0.1) is 0 Å². The van der Waals surface area contributed by atoms with Crippen LogP contribution in [0.5, 0.6) is 5.88 Å². The molecule has 0 unspecified atom stereocenters. The van der Waals surface area contributed by atoms with Crippen LogP contribution in [0.3, 0.4) is 0 Å². The second-order valence-electron chi connectivity index (χ2n) is 3.96. The van der Waals surface area contributed by atoms with Gasteiger partial charge < -0.3 is 14.8 Å². The summed E-state index contributed by atoms with van der Waals surface area (Å²) in [5.41, 5.74) is 1.39. The van der Waals surface area contributed by atoms with Crippen LogP contribution in [0.25, 0.3) is 11.1 Å². The number of nitrogens with zero attached hydrogens (tertiary/aromatic N) is 1. The summed E-state index contributed by atoms with van der Waals surface area (Å²) in [4.78, 5) is 18.5. The van der Waals surface area contributed by atoms with E-state index in [1.54, 1.807) is 6.07 Å². The minimum atomic E-state index is -0.371. The molecule has 0 aliphatic carbocycles. The molecule has 2 rings (SSSR count). The highest BCUT2D eigenvalue weighted by molar-refractivity contribution is 5.70. The normalized spacial score (nSPS) is 10.6. The Balaban J connectivity index is 2.60. The van der Waals surface area contributed by atoms with Crippen LogP contribution < -0.4 is 5.56 Å². The fraction of sp³-hybridized carbons (Fsp3) is 0.231. The SMILES string of the molecule is COCc1nc(O)c(-c2ccccc2C)c(=O)[nH]1. The Morgan fingerprint density at radius 1 is 1.39 bits per heavy atom. The monoisotopic (exact) mass is 246 g/mol. The number of aromatic amines is 1. The van der Waals surface area contributed by atoms with E-state index in [-0.39, 0.29) is 23.6 Å². The highest BCUT2D eigenvalue weighted by atomic mass is 16.5. The first-order chi connectivity index (χ1) is 8.63. The van der Waals surface area contributed by atoms with Gasteiger partial charge in [-0.15, -0.1) is 0 Å². The van der Waals surface area contributed by atoms with E-state index in [9.17, 15) is 9.90 Å². The lowest BCUT2D eigenvalue weighted by Crippen LogP contribution is -2.14. The second-order valence-corrected chi connectivity index (χ2v) is 3.96. The van der Waals surface area contributed by atoms with Crippen LogP contribution in [-0.4, -0.2) is 22.2 Å². The molecule has 5 heteroatoms. The molecule has 94 valence electrons. The first kappa shape index (κ1) is 12.3. The lowest BCUT2D eigenvalue weighted by Gasteiger charge is -2.07. The van der Waals surface area contributed by atoms with Crippen molar-refractivity contribution in [1.82, 2.24) is 9.97 Å². The molecular formula is C13H14N2O3. The zero-order chi connectivity index (χ0) is 13.1. The summed E-state index contributed by atoms with van der Waals surface area (Å²) in [5, 5.41) is 9.89. The lowest BCUT2D eigenvalue weighted by molar-refractivity contribution is 0.176. The fourth-order valence-corrected chi connectivity index (χ4v) is 1.81. The highest BCUT2D eigenvalue weighted by Gasteiger charge is 2.14. The van der Waals surface area contributed by atoms with Gasteiger partial charge in [-0.1, -0.05) is 24.3 Å². The summed E-state index contributed by atoms with van der Waals surface area (Å²) in [6.45, 7) is 2.02. The van der Waals surface area contributed by atoms with Gasteiger partial charge >= 0.3 is 0 Å². The largest absolute Gasteiger partial charge is 0.493 e. The minimum Gasteiger partial charge on any atom is -0.493 e. The standard InChI is InChI=1S/C13H14N2O3/c1-8-5-3-4-6-9(8)11-12(16)14-10(7-18-2)15-13(11)17/h3-6H,7H2,1-2H3,(H2,14,15,16,17). The van der Waals surface area contributed by atoms with Crippen LogP contribution in [-0.2, 0) is 11.3 Å². The number of aromatic nitrogens is 2. The van der Waals surface area contributed by atoms with E-state index in [4.69, 9.17) is 4.74 Å². The van der Waals surface area contributed by atoms with Crippen LogP contribution >= 0.6 is 0 Å². The van der Waals surface area contributed by atoms with Gasteiger partial charge in [-0.25, -0.2) is 0 Å². The fourth-order valence-electron chi connectivity index (χ4n) is 1.81. The Morgan fingerprint density at radius 3 is 2.72 bits per heavy atom. The molecular weight excluding hydrogens is 232 g/mol. The summed E-state index contributed by atoms with van der Waals surface area (Å²) in [6.07, 6.45) is 0. The van der Waals surface area contributed by atoms with Gasteiger partial charge in [0.15, 0.2) is 0 Å². The first-order valence-electron chi connectivity index (χ1n) is 5.50. The molecule has 0 fully saturated rings. The average Bonchev–Trinajstić information content (AvgIpc) is 2.31. The number of aryl methyl sites for hydroxylation is 1. The van der Waals surface area contributed by atoms with Gasteiger partial charge in [-0.2, -0.15) is 4.98 Å². The molecule has 1 aromatic heterocycles. The Morgan fingerprint density at radius 2 is 2.11 bits per heavy atom. The van der Waals surface area contributed by atoms with Gasteiger partial charge in [0, 0.05) is 7.11 Å². The molecule has 0 radical (unpaired) electrons. The Bertz CT molecular complexity index is 620. The number of ether oxygens (including phenoxy) is 1. The van der Waals surface area contributed by atoms with Crippen molar-refractivity contribution in [3.63, 3.8) is 0 Å². The van der Waals surface area contributed by atoms with Crippen molar-refractivity contribution in [3.05, 3.63) is 46.0 Å². The third-order valence-corrected chi connectivity index (χ3v) is 2.64. The van der Waals surface area contributed by atoms with E-state index < -0.39 is 0 Å². The summed E-state index contributed by atoms with van der Waals surface area (Å²) in [5.74, 6) is 0.0254. The van der Waals surface area contributed by atoms with E-state index >= 15 is 0 Å². The Hall–Kier alpha value is -2.14. The molecule has 0 spiro atoms. The second kappa shape index (κ2) is 5.01. The Labute approximate surface area is 104 Å². The van der Waals surface area contributed by atoms with Crippen LogP contribution in [0.1, 0.15) is 11.4 Å². The van der Waals surface area contributed by atoms with Crippen LogP contribution in [0.2, 0.25) is 0 Å². The lowest BCUT2D eigenvalue weighted by atomic mass is 10.0. The number of nitrogens with one attached hydrogen (secondary N) is 1. The van der Waals surface area contributed by atoms with Crippen LogP contribution in [0, 0.1) is 6.92 Å². The molecule has 0 saturated heterocycles. The van der Waals surface area contributed by atoms with Crippen molar-refractivity contribution in [2.45, 2.75) is 13.5 Å². The molecule has 0 aliphatic heterocycles. The van der Waals surface area contributed by atoms with Crippen molar-refractivity contribution in [2.75, 3.05) is 7.11 Å². The molecule has 1 heterocycles. The van der Waals surface area contributed by atoms with Crippen LogP contribution in [0.15, 0.2) is 29.1 Å². The first-order valence-corrected chi connectivity index (χ1v) is 5.50. The van der Waals surface area contributed by atoms with Gasteiger partial charge in [0.2, 0.25) is 5.88 Å². The maximum Gasteiger partial charge on any atom is 0.262 e. The van der Waals surface area contributed by atoms with Crippen molar-refractivity contribution in [3.8, 4) is 17.0 Å². The van der Waals surface area contributed by atoms with Crippen molar-refractivity contribution < 1.29 is 9.84 Å². The smallest absolute Gasteiger partial charge is 0.262 e. The van der Waals surface area contributed by atoms with E-state index in [1.165, 1.54) is 7.11 Å². The maximum absolute atomic E-state index is 12.0. The van der Waals surface area contributed by atoms with Crippen molar-refractivity contribution >= 4 is 0 Å². The summed E-state index contributed by atoms with van der Waals surface area (Å²) in [7, 11) is 1.49. The predicted molar refractivity (Wildman–Crippen MR) is 67.4 cm³/mol. The number of benzene rings is 1. The summed E-state index contributed by atoms with van der Waals surface area (Å²) in [6, 6.07) is 7.33. The molecule has 1 aromatic carbocycles. The van der Waals surface area contributed by atoms with Crippen molar-refractivity contribution in [2.24, 2.45) is 0 Å². The number of hydrogen-bond donors (Lipinski definition) is 2. The molecule has 2 aromatic rings. The Kier molecular flexibility index (Phi) is 3.43. The summed E-state index contributed by atoms with van der Waals surface area (Å²) >= 11 is 0.